The van der Waals surface area contributed by atoms with E-state index in [0.717, 1.165) is 25.5 Å². The molecule has 0 aliphatic carbocycles. The van der Waals surface area contributed by atoms with E-state index in [-0.39, 0.29) is 5.75 Å². The van der Waals surface area contributed by atoms with Gasteiger partial charge in [0.15, 0.2) is 5.75 Å². The number of hydrazone groups is 1. The number of anilines is 1. The molecule has 11 heteroatoms. The number of benzene rings is 4. The number of carbonyl (C=O) groups is 2. The van der Waals surface area contributed by atoms with Crippen molar-refractivity contribution < 1.29 is 14.3 Å². The van der Waals surface area contributed by atoms with Gasteiger partial charge in [0.1, 0.15) is 5.69 Å². The van der Waals surface area contributed by atoms with Crippen LogP contribution in [0.2, 0.25) is 5.02 Å². The van der Waals surface area contributed by atoms with Crippen LogP contribution in [0.5, 0.6) is 5.75 Å². The monoisotopic (exact) mass is 770 g/mol. The van der Waals surface area contributed by atoms with E-state index >= 15 is 0 Å². The lowest BCUT2D eigenvalue weighted by Crippen LogP contribution is -2.19. The van der Waals surface area contributed by atoms with Crippen molar-refractivity contribution in [1.82, 2.24) is 10.4 Å². The zero-order chi connectivity index (χ0) is 30.0. The van der Waals surface area contributed by atoms with Gasteiger partial charge in [0, 0.05) is 61.3 Å². The minimum absolute atomic E-state index is 0.253. The number of nitrogens with zero attached hydrogens (tertiary/aromatic N) is 2. The first-order valence-corrected chi connectivity index (χ1v) is 15.3. The maximum Gasteiger partial charge on any atom is 0.343 e. The summed E-state index contributed by atoms with van der Waals surface area (Å²) in [7, 11) is 3.91. The highest BCUT2D eigenvalue weighted by molar-refractivity contribution is 9.11. The van der Waals surface area contributed by atoms with Crippen molar-refractivity contribution >= 4 is 94.1 Å². The van der Waals surface area contributed by atoms with Crippen molar-refractivity contribution in [3.63, 3.8) is 0 Å². The Hall–Kier alpha value is -3.44. The maximum atomic E-state index is 13.5. The average Bonchev–Trinajstić information content (AvgIpc) is 3.34. The van der Waals surface area contributed by atoms with Crippen LogP contribution in [0.3, 0.4) is 0 Å². The molecular weight excluding hydrogens is 752 g/mol. The molecule has 0 radical (unpaired) electrons. The van der Waals surface area contributed by atoms with E-state index in [1.807, 2.05) is 55.4 Å². The number of carbonyl (C=O) groups excluding carboxylic acids is 2. The molecule has 5 rings (SSSR count). The normalized spacial score (nSPS) is 11.2. The van der Waals surface area contributed by atoms with Gasteiger partial charge in [-0.25, -0.2) is 10.2 Å². The van der Waals surface area contributed by atoms with Crippen molar-refractivity contribution in [2.75, 3.05) is 19.0 Å². The summed E-state index contributed by atoms with van der Waals surface area (Å²) in [5.74, 6) is -0.752. The van der Waals surface area contributed by atoms with E-state index in [0.29, 0.717) is 37.4 Å². The van der Waals surface area contributed by atoms with Gasteiger partial charge in [0.2, 0.25) is 0 Å². The molecule has 0 atom stereocenters. The Morgan fingerprint density at radius 2 is 1.69 bits per heavy atom. The molecule has 0 aliphatic heterocycles. The number of aromatic nitrogens is 1. The standard InChI is InChI=1S/C31H22Br3ClN4O3/c1-39(2)21-11-12-26-23(15-21)27(22-5-3-4-6-25(22)35)28(37-26)30(40)38-36-16-18-13-20(33)14-24(34)29(18)42-31(41)17-7-9-19(32)10-8-17/h3-16,37H,1-2H3,(H,38,40). The Labute approximate surface area is 272 Å². The predicted molar refractivity (Wildman–Crippen MR) is 179 cm³/mol. The number of halogens is 4. The number of rotatable bonds is 7. The molecule has 7 nitrogen and oxygen atoms in total. The first kappa shape index (κ1) is 30.0. The highest BCUT2D eigenvalue weighted by atomic mass is 79.9. The number of ether oxygens (including phenoxy) is 1. The molecule has 0 saturated heterocycles. The molecular formula is C31H22Br3ClN4O3. The summed E-state index contributed by atoms with van der Waals surface area (Å²) in [6.45, 7) is 0. The van der Waals surface area contributed by atoms with Crippen LogP contribution in [0.25, 0.3) is 22.0 Å². The number of fused-ring (bicyclic) bond motifs is 1. The van der Waals surface area contributed by atoms with Crippen molar-refractivity contribution in [2.45, 2.75) is 0 Å². The number of aromatic amines is 1. The van der Waals surface area contributed by atoms with Crippen LogP contribution >= 0.6 is 59.4 Å². The molecule has 0 saturated carbocycles. The van der Waals surface area contributed by atoms with Gasteiger partial charge in [-0.3, -0.25) is 4.79 Å². The second-order valence-electron chi connectivity index (χ2n) is 9.38. The van der Waals surface area contributed by atoms with E-state index in [1.54, 1.807) is 42.5 Å². The zero-order valence-corrected chi connectivity index (χ0v) is 27.7. The smallest absolute Gasteiger partial charge is 0.343 e. The van der Waals surface area contributed by atoms with Crippen LogP contribution in [0, 0.1) is 0 Å². The van der Waals surface area contributed by atoms with Crippen molar-refractivity contribution in [1.29, 1.82) is 0 Å². The molecule has 0 unspecified atom stereocenters. The van der Waals surface area contributed by atoms with Crippen LogP contribution in [-0.4, -0.2) is 37.2 Å². The Balaban J connectivity index is 1.47. The number of esters is 1. The van der Waals surface area contributed by atoms with Gasteiger partial charge in [-0.05, 0) is 76.6 Å². The molecule has 1 amide bonds. The fraction of sp³-hybridized carbons (Fsp3) is 0.0645. The fourth-order valence-corrected chi connectivity index (χ4v) is 6.14. The summed E-state index contributed by atoms with van der Waals surface area (Å²) < 4.78 is 7.81. The molecule has 212 valence electrons. The van der Waals surface area contributed by atoms with E-state index in [4.69, 9.17) is 16.3 Å². The minimum Gasteiger partial charge on any atom is -0.421 e. The van der Waals surface area contributed by atoms with Gasteiger partial charge in [-0.15, -0.1) is 0 Å². The van der Waals surface area contributed by atoms with Crippen LogP contribution in [0.4, 0.5) is 5.69 Å². The Morgan fingerprint density at radius 3 is 2.40 bits per heavy atom. The third-order valence-electron chi connectivity index (χ3n) is 6.35. The third kappa shape index (κ3) is 6.47. The molecule has 1 heterocycles. The summed E-state index contributed by atoms with van der Waals surface area (Å²) >= 11 is 16.9. The maximum absolute atomic E-state index is 13.5. The second kappa shape index (κ2) is 12.8. The molecule has 0 fully saturated rings. The van der Waals surface area contributed by atoms with Crippen LogP contribution in [0.1, 0.15) is 26.4 Å². The quantitative estimate of drug-likeness (QED) is 0.0750. The molecule has 0 spiro atoms. The van der Waals surface area contributed by atoms with Crippen LogP contribution in [-0.2, 0) is 0 Å². The zero-order valence-electron chi connectivity index (χ0n) is 22.2. The molecule has 5 aromatic rings. The summed E-state index contributed by atoms with van der Waals surface area (Å²) in [5.41, 5.74) is 6.89. The minimum atomic E-state index is -0.538. The molecule has 0 bridgehead atoms. The van der Waals surface area contributed by atoms with E-state index in [1.165, 1.54) is 6.21 Å². The lowest BCUT2D eigenvalue weighted by molar-refractivity contribution is 0.0733. The van der Waals surface area contributed by atoms with Crippen molar-refractivity contribution in [3.05, 3.63) is 114 Å². The highest BCUT2D eigenvalue weighted by Crippen LogP contribution is 2.38. The van der Waals surface area contributed by atoms with E-state index in [2.05, 4.69) is 63.3 Å². The largest absolute Gasteiger partial charge is 0.421 e. The summed E-state index contributed by atoms with van der Waals surface area (Å²) in [6.07, 6.45) is 1.42. The van der Waals surface area contributed by atoms with Gasteiger partial charge in [-0.1, -0.05) is 61.7 Å². The van der Waals surface area contributed by atoms with Gasteiger partial charge in [-0.2, -0.15) is 5.10 Å². The molecule has 42 heavy (non-hydrogen) atoms. The average molecular weight is 774 g/mol. The molecule has 0 aliphatic rings. The number of amides is 1. The highest BCUT2D eigenvalue weighted by Gasteiger charge is 2.22. The van der Waals surface area contributed by atoms with Gasteiger partial charge < -0.3 is 14.6 Å². The van der Waals surface area contributed by atoms with Gasteiger partial charge in [0.05, 0.1) is 16.3 Å². The number of H-pyrrole nitrogens is 1. The first-order valence-electron chi connectivity index (χ1n) is 12.5. The Morgan fingerprint density at radius 1 is 0.952 bits per heavy atom. The molecule has 1 aromatic heterocycles. The molecule has 4 aromatic carbocycles. The summed E-state index contributed by atoms with van der Waals surface area (Å²) in [6, 6.07) is 23.6. The summed E-state index contributed by atoms with van der Waals surface area (Å²) in [5, 5.41) is 5.57. The van der Waals surface area contributed by atoms with E-state index in [9.17, 15) is 9.59 Å². The summed E-state index contributed by atoms with van der Waals surface area (Å²) in [4.78, 5) is 31.6. The number of nitrogens with one attached hydrogen (secondary N) is 2. The topological polar surface area (TPSA) is 86.8 Å². The predicted octanol–water partition coefficient (Wildman–Crippen LogP) is 8.82. The number of hydrogen-bond acceptors (Lipinski definition) is 5. The van der Waals surface area contributed by atoms with Crippen LogP contribution < -0.4 is 15.1 Å². The van der Waals surface area contributed by atoms with Crippen LogP contribution in [0.15, 0.2) is 97.4 Å². The SMILES string of the molecule is CN(C)c1ccc2[nH]c(C(=O)NN=Cc3cc(Br)cc(Br)c3OC(=O)c3ccc(Br)cc3)c(-c3ccccc3Cl)c2c1. The fourth-order valence-electron chi connectivity index (χ4n) is 4.31. The third-order valence-corrected chi connectivity index (χ3v) is 8.26. The van der Waals surface area contributed by atoms with Crippen molar-refractivity contribution in [3.8, 4) is 16.9 Å². The van der Waals surface area contributed by atoms with Gasteiger partial charge in [0.25, 0.3) is 5.91 Å². The number of hydrogen-bond donors (Lipinski definition) is 2. The Bertz CT molecular complexity index is 1850. The molecule has 2 N–H and O–H groups in total. The first-order chi connectivity index (χ1) is 20.1. The van der Waals surface area contributed by atoms with Gasteiger partial charge >= 0.3 is 5.97 Å². The van der Waals surface area contributed by atoms with E-state index < -0.39 is 11.9 Å². The van der Waals surface area contributed by atoms with Crippen molar-refractivity contribution in [2.24, 2.45) is 5.10 Å². The lowest BCUT2D eigenvalue weighted by Gasteiger charge is -2.13. The second-order valence-corrected chi connectivity index (χ2v) is 12.5. The lowest BCUT2D eigenvalue weighted by atomic mass is 10.0. The Kier molecular flexibility index (Phi) is 9.17.